The minimum absolute atomic E-state index is 0.00678. The summed E-state index contributed by atoms with van der Waals surface area (Å²) in [6.45, 7) is 1.86. The molecule has 0 saturated heterocycles. The molecular formula is C14H17N3O2S. The summed E-state index contributed by atoms with van der Waals surface area (Å²) in [6.07, 6.45) is 2.15. The van der Waals surface area contributed by atoms with E-state index in [1.807, 2.05) is 29.7 Å². The van der Waals surface area contributed by atoms with Gasteiger partial charge in [-0.15, -0.1) is 0 Å². The summed E-state index contributed by atoms with van der Waals surface area (Å²) < 4.78 is 7.63. The van der Waals surface area contributed by atoms with Gasteiger partial charge in [0.2, 0.25) is 5.91 Å². The minimum atomic E-state index is -0.344. The molecule has 1 aromatic heterocycles. The van der Waals surface area contributed by atoms with Gasteiger partial charge in [-0.3, -0.25) is 4.79 Å². The maximum atomic E-state index is 12.2. The van der Waals surface area contributed by atoms with Crippen LogP contribution in [0.15, 0.2) is 18.2 Å². The predicted molar refractivity (Wildman–Crippen MR) is 79.6 cm³/mol. The van der Waals surface area contributed by atoms with E-state index < -0.39 is 0 Å². The Morgan fingerprint density at radius 2 is 2.30 bits per heavy atom. The molecule has 3 rings (SSSR count). The van der Waals surface area contributed by atoms with Gasteiger partial charge in [0.15, 0.2) is 4.77 Å². The first kappa shape index (κ1) is 13.2. The van der Waals surface area contributed by atoms with Crippen LogP contribution in [-0.4, -0.2) is 28.6 Å². The number of imidazole rings is 1. The second-order valence-corrected chi connectivity index (χ2v) is 5.53. The van der Waals surface area contributed by atoms with Crippen LogP contribution in [0.25, 0.3) is 11.0 Å². The van der Waals surface area contributed by atoms with Crippen LogP contribution < -0.4 is 10.1 Å². The van der Waals surface area contributed by atoms with Crippen LogP contribution in [-0.2, 0) is 4.79 Å². The molecule has 2 aromatic rings. The van der Waals surface area contributed by atoms with Crippen LogP contribution in [0.4, 0.5) is 0 Å². The molecular weight excluding hydrogens is 274 g/mol. The van der Waals surface area contributed by atoms with Crippen molar-refractivity contribution in [1.29, 1.82) is 0 Å². The standard InChI is InChI=1S/C14H17N3O2S/c1-8(13(18)15-9-3-4-9)17-12-7-10(19-2)5-6-11(12)16-14(17)20/h5-9H,3-4H2,1-2H3,(H,15,18)(H,16,20). The fraction of sp³-hybridized carbons (Fsp3) is 0.429. The number of nitrogens with zero attached hydrogens (tertiary/aromatic N) is 1. The van der Waals surface area contributed by atoms with Crippen molar-refractivity contribution in [3.63, 3.8) is 0 Å². The lowest BCUT2D eigenvalue weighted by Crippen LogP contribution is -2.32. The number of nitrogens with one attached hydrogen (secondary N) is 2. The predicted octanol–water partition coefficient (Wildman–Crippen LogP) is 2.55. The van der Waals surface area contributed by atoms with Crippen molar-refractivity contribution < 1.29 is 9.53 Å². The fourth-order valence-electron chi connectivity index (χ4n) is 2.28. The van der Waals surface area contributed by atoms with Crippen LogP contribution in [0.3, 0.4) is 0 Å². The number of aromatic nitrogens is 2. The van der Waals surface area contributed by atoms with Gasteiger partial charge in [0.1, 0.15) is 11.8 Å². The lowest BCUT2D eigenvalue weighted by molar-refractivity contribution is -0.123. The summed E-state index contributed by atoms with van der Waals surface area (Å²) in [5.41, 5.74) is 1.79. The van der Waals surface area contributed by atoms with Gasteiger partial charge in [0, 0.05) is 12.1 Å². The first-order valence-corrected chi connectivity index (χ1v) is 7.09. The summed E-state index contributed by atoms with van der Waals surface area (Å²) in [5, 5.41) is 3.01. The van der Waals surface area contributed by atoms with E-state index >= 15 is 0 Å². The second kappa shape index (κ2) is 4.94. The molecule has 1 fully saturated rings. The Balaban J connectivity index is 2.02. The molecule has 2 N–H and O–H groups in total. The van der Waals surface area contributed by atoms with E-state index in [4.69, 9.17) is 17.0 Å². The van der Waals surface area contributed by atoms with E-state index in [0.29, 0.717) is 10.8 Å². The van der Waals surface area contributed by atoms with Gasteiger partial charge in [-0.2, -0.15) is 0 Å². The zero-order chi connectivity index (χ0) is 14.3. The van der Waals surface area contributed by atoms with Crippen LogP contribution in [0.5, 0.6) is 5.75 Å². The van der Waals surface area contributed by atoms with Crippen LogP contribution in [0, 0.1) is 4.77 Å². The first-order chi connectivity index (χ1) is 9.60. The van der Waals surface area contributed by atoms with Gasteiger partial charge >= 0.3 is 0 Å². The molecule has 1 heterocycles. The number of amides is 1. The first-order valence-electron chi connectivity index (χ1n) is 6.69. The summed E-state index contributed by atoms with van der Waals surface area (Å²) >= 11 is 5.34. The van der Waals surface area contributed by atoms with Crippen molar-refractivity contribution in [1.82, 2.24) is 14.9 Å². The quantitative estimate of drug-likeness (QED) is 0.851. The molecule has 1 saturated carbocycles. The van der Waals surface area contributed by atoms with E-state index in [1.54, 1.807) is 7.11 Å². The highest BCUT2D eigenvalue weighted by molar-refractivity contribution is 7.71. The number of ether oxygens (including phenoxy) is 1. The molecule has 106 valence electrons. The maximum absolute atomic E-state index is 12.2. The molecule has 1 aliphatic rings. The maximum Gasteiger partial charge on any atom is 0.243 e. The van der Waals surface area contributed by atoms with Crippen molar-refractivity contribution >= 4 is 29.2 Å². The third kappa shape index (κ3) is 2.31. The molecule has 20 heavy (non-hydrogen) atoms. The highest BCUT2D eigenvalue weighted by Gasteiger charge is 2.27. The highest BCUT2D eigenvalue weighted by atomic mass is 32.1. The lowest BCUT2D eigenvalue weighted by Gasteiger charge is -2.14. The van der Waals surface area contributed by atoms with E-state index in [9.17, 15) is 4.79 Å². The second-order valence-electron chi connectivity index (χ2n) is 5.14. The molecule has 1 atom stereocenters. The molecule has 0 bridgehead atoms. The number of hydrogen-bond donors (Lipinski definition) is 2. The van der Waals surface area contributed by atoms with Crippen molar-refractivity contribution in [3.05, 3.63) is 23.0 Å². The van der Waals surface area contributed by atoms with Gasteiger partial charge in [-0.25, -0.2) is 0 Å². The molecule has 1 unspecified atom stereocenters. The third-order valence-electron chi connectivity index (χ3n) is 3.62. The average Bonchev–Trinajstić information content (AvgIpc) is 3.18. The summed E-state index contributed by atoms with van der Waals surface area (Å²) in [4.78, 5) is 15.3. The van der Waals surface area contributed by atoms with Gasteiger partial charge < -0.3 is 19.6 Å². The van der Waals surface area contributed by atoms with Crippen LogP contribution in [0.2, 0.25) is 0 Å². The van der Waals surface area contributed by atoms with Crippen LogP contribution >= 0.6 is 12.2 Å². The third-order valence-corrected chi connectivity index (χ3v) is 3.91. The van der Waals surface area contributed by atoms with Crippen molar-refractivity contribution in [2.75, 3.05) is 7.11 Å². The van der Waals surface area contributed by atoms with E-state index in [2.05, 4.69) is 10.3 Å². The molecule has 1 aliphatic carbocycles. The summed E-state index contributed by atoms with van der Waals surface area (Å²) in [5.74, 6) is 0.752. The molecule has 0 spiro atoms. The number of hydrogen-bond acceptors (Lipinski definition) is 3. The van der Waals surface area contributed by atoms with Crippen molar-refractivity contribution in [2.45, 2.75) is 31.8 Å². The monoisotopic (exact) mass is 291 g/mol. The van der Waals surface area contributed by atoms with E-state index in [1.165, 1.54) is 0 Å². The zero-order valence-corrected chi connectivity index (χ0v) is 12.3. The number of carbonyl (C=O) groups is 1. The topological polar surface area (TPSA) is 59.0 Å². The molecule has 6 heteroatoms. The molecule has 1 aromatic carbocycles. The smallest absolute Gasteiger partial charge is 0.243 e. The van der Waals surface area contributed by atoms with Crippen molar-refractivity contribution in [3.8, 4) is 5.75 Å². The van der Waals surface area contributed by atoms with E-state index in [-0.39, 0.29) is 11.9 Å². The SMILES string of the molecule is COc1ccc2[nH]c(=S)n(C(C)C(=O)NC3CC3)c2c1. The minimum Gasteiger partial charge on any atom is -0.497 e. The summed E-state index contributed by atoms with van der Waals surface area (Å²) in [7, 11) is 1.62. The van der Waals surface area contributed by atoms with Gasteiger partial charge in [0.05, 0.1) is 18.1 Å². The number of benzene rings is 1. The van der Waals surface area contributed by atoms with Gasteiger partial charge in [0.25, 0.3) is 0 Å². The Kier molecular flexibility index (Phi) is 3.25. The van der Waals surface area contributed by atoms with Gasteiger partial charge in [-0.05, 0) is 44.1 Å². The molecule has 1 amide bonds. The largest absolute Gasteiger partial charge is 0.497 e. The molecule has 5 nitrogen and oxygen atoms in total. The number of H-pyrrole nitrogens is 1. The highest BCUT2D eigenvalue weighted by Crippen LogP contribution is 2.25. The normalized spacial score (nSPS) is 16.1. The Morgan fingerprint density at radius 1 is 1.55 bits per heavy atom. The Morgan fingerprint density at radius 3 is 2.95 bits per heavy atom. The van der Waals surface area contributed by atoms with Crippen molar-refractivity contribution in [2.24, 2.45) is 0 Å². The molecule has 0 aliphatic heterocycles. The number of carbonyl (C=O) groups excluding carboxylic acids is 1. The average molecular weight is 291 g/mol. The van der Waals surface area contributed by atoms with E-state index in [0.717, 1.165) is 29.6 Å². The lowest BCUT2D eigenvalue weighted by atomic mass is 10.2. The number of aromatic amines is 1. The zero-order valence-electron chi connectivity index (χ0n) is 11.5. The molecule has 0 radical (unpaired) electrons. The Labute approximate surface area is 121 Å². The Bertz CT molecular complexity index is 715. The summed E-state index contributed by atoms with van der Waals surface area (Å²) in [6, 6.07) is 5.67. The fourth-order valence-corrected chi connectivity index (χ4v) is 2.65. The number of rotatable bonds is 4. The number of methoxy groups -OCH3 is 1. The van der Waals surface area contributed by atoms with Gasteiger partial charge in [-0.1, -0.05) is 0 Å². The van der Waals surface area contributed by atoms with Crippen LogP contribution in [0.1, 0.15) is 25.8 Å². The number of fused-ring (bicyclic) bond motifs is 1. The Hall–Kier alpha value is -1.82.